The molecule has 2 heterocycles. The Morgan fingerprint density at radius 1 is 1.15 bits per heavy atom. The summed E-state index contributed by atoms with van der Waals surface area (Å²) in [5.41, 5.74) is 0. The van der Waals surface area contributed by atoms with Crippen molar-refractivity contribution in [3.8, 4) is 0 Å². The topological polar surface area (TPSA) is 32.3 Å². The molecule has 2 aliphatic rings. The number of carbonyl (C=O) groups excluding carboxylic acids is 1. The van der Waals surface area contributed by atoms with E-state index >= 15 is 0 Å². The van der Waals surface area contributed by atoms with E-state index in [1.54, 1.807) is 0 Å². The number of likely N-dealkylation sites (tertiary alicyclic amines) is 1. The van der Waals surface area contributed by atoms with E-state index in [-0.39, 0.29) is 12.4 Å². The fourth-order valence-corrected chi connectivity index (χ4v) is 3.87. The van der Waals surface area contributed by atoms with E-state index in [0.717, 1.165) is 25.4 Å². The van der Waals surface area contributed by atoms with Crippen LogP contribution in [0.4, 0.5) is 0 Å². The highest BCUT2D eigenvalue weighted by atomic mass is 35.5. The van der Waals surface area contributed by atoms with Crippen molar-refractivity contribution in [2.75, 3.05) is 13.1 Å². The second-order valence-electron chi connectivity index (χ2n) is 6.70. The third-order valence-corrected chi connectivity index (χ3v) is 5.17. The van der Waals surface area contributed by atoms with Gasteiger partial charge in [-0.15, -0.1) is 12.4 Å². The first kappa shape index (κ1) is 17.8. The third kappa shape index (κ3) is 4.36. The van der Waals surface area contributed by atoms with Crippen molar-refractivity contribution >= 4 is 18.3 Å². The van der Waals surface area contributed by atoms with Gasteiger partial charge in [0.1, 0.15) is 0 Å². The van der Waals surface area contributed by atoms with E-state index in [1.165, 1.54) is 32.1 Å². The van der Waals surface area contributed by atoms with Crippen molar-refractivity contribution in [2.45, 2.75) is 71.4 Å². The van der Waals surface area contributed by atoms with Gasteiger partial charge in [0.2, 0.25) is 5.91 Å². The molecule has 3 unspecified atom stereocenters. The van der Waals surface area contributed by atoms with Crippen molar-refractivity contribution in [3.05, 3.63) is 0 Å². The minimum atomic E-state index is 0. The van der Waals surface area contributed by atoms with Gasteiger partial charge in [0.05, 0.1) is 0 Å². The molecule has 3 nitrogen and oxygen atoms in total. The third-order valence-electron chi connectivity index (χ3n) is 5.17. The minimum absolute atomic E-state index is 0. The van der Waals surface area contributed by atoms with Crippen LogP contribution in [-0.4, -0.2) is 36.0 Å². The average molecular weight is 303 g/mol. The molecule has 0 aromatic heterocycles. The summed E-state index contributed by atoms with van der Waals surface area (Å²) in [4.78, 5) is 14.8. The Morgan fingerprint density at radius 3 is 2.25 bits per heavy atom. The predicted octanol–water partition coefficient (Wildman–Crippen LogP) is 3.22. The van der Waals surface area contributed by atoms with Gasteiger partial charge in [-0.1, -0.05) is 6.92 Å². The summed E-state index contributed by atoms with van der Waals surface area (Å²) in [7, 11) is 0. The molecular weight excluding hydrogens is 272 g/mol. The van der Waals surface area contributed by atoms with Crippen LogP contribution in [0.25, 0.3) is 0 Å². The molecule has 3 atom stereocenters. The first-order valence-corrected chi connectivity index (χ1v) is 8.11. The second kappa shape index (κ2) is 8.23. The summed E-state index contributed by atoms with van der Waals surface area (Å²) in [6.45, 7) is 8.94. The summed E-state index contributed by atoms with van der Waals surface area (Å²) in [6, 6.07) is 0.882. The highest BCUT2D eigenvalue weighted by Crippen LogP contribution is 2.28. The lowest BCUT2D eigenvalue weighted by Gasteiger charge is -2.40. The van der Waals surface area contributed by atoms with Gasteiger partial charge in [-0.2, -0.15) is 0 Å². The summed E-state index contributed by atoms with van der Waals surface area (Å²) in [5, 5.41) is 3.41. The SMILES string of the molecule is CC(CC(=O)N1C(C)CCCC1C)C1CCNCC1.Cl. The van der Waals surface area contributed by atoms with Crippen molar-refractivity contribution < 1.29 is 4.79 Å². The molecule has 0 aromatic rings. The van der Waals surface area contributed by atoms with E-state index in [0.29, 0.717) is 23.9 Å². The number of halogens is 1. The monoisotopic (exact) mass is 302 g/mol. The zero-order valence-electron chi connectivity index (χ0n) is 13.2. The quantitative estimate of drug-likeness (QED) is 0.868. The van der Waals surface area contributed by atoms with E-state index in [2.05, 4.69) is 31.0 Å². The van der Waals surface area contributed by atoms with Crippen molar-refractivity contribution in [2.24, 2.45) is 11.8 Å². The van der Waals surface area contributed by atoms with Gasteiger partial charge in [0.25, 0.3) is 0 Å². The number of rotatable bonds is 3. The molecule has 20 heavy (non-hydrogen) atoms. The molecule has 0 spiro atoms. The molecule has 1 N–H and O–H groups in total. The van der Waals surface area contributed by atoms with Crippen molar-refractivity contribution in [3.63, 3.8) is 0 Å². The van der Waals surface area contributed by atoms with Crippen molar-refractivity contribution in [1.82, 2.24) is 10.2 Å². The van der Waals surface area contributed by atoms with Gasteiger partial charge in [-0.25, -0.2) is 0 Å². The second-order valence-corrected chi connectivity index (χ2v) is 6.70. The standard InChI is InChI=1S/C16H30N2O.ClH/c1-12(15-7-9-17-10-8-15)11-16(19)18-13(2)5-4-6-14(18)3;/h12-15,17H,4-11H2,1-3H3;1H. The lowest BCUT2D eigenvalue weighted by molar-refractivity contribution is -0.138. The maximum absolute atomic E-state index is 12.6. The molecular formula is C16H31ClN2O. The van der Waals surface area contributed by atoms with E-state index in [1.807, 2.05) is 0 Å². The molecule has 1 amide bonds. The van der Waals surface area contributed by atoms with Gasteiger partial charge >= 0.3 is 0 Å². The lowest BCUT2D eigenvalue weighted by Crippen LogP contribution is -2.48. The van der Waals surface area contributed by atoms with E-state index in [9.17, 15) is 4.79 Å². The molecule has 2 fully saturated rings. The van der Waals surface area contributed by atoms with Crippen LogP contribution >= 0.6 is 12.4 Å². The summed E-state index contributed by atoms with van der Waals surface area (Å²) in [6.07, 6.45) is 6.85. The predicted molar refractivity (Wildman–Crippen MR) is 86.2 cm³/mol. The van der Waals surface area contributed by atoms with Crippen LogP contribution < -0.4 is 5.32 Å². The highest BCUT2D eigenvalue weighted by molar-refractivity contribution is 5.85. The van der Waals surface area contributed by atoms with Crippen LogP contribution in [0, 0.1) is 11.8 Å². The van der Waals surface area contributed by atoms with Crippen LogP contribution in [0.5, 0.6) is 0 Å². The molecule has 4 heteroatoms. The molecule has 0 aromatic carbocycles. The smallest absolute Gasteiger partial charge is 0.223 e. The maximum Gasteiger partial charge on any atom is 0.223 e. The molecule has 2 saturated heterocycles. The lowest BCUT2D eigenvalue weighted by atomic mass is 9.83. The number of carbonyl (C=O) groups is 1. The maximum atomic E-state index is 12.6. The van der Waals surface area contributed by atoms with Gasteiger partial charge in [-0.05, 0) is 70.9 Å². The summed E-state index contributed by atoms with van der Waals surface area (Å²) in [5.74, 6) is 1.67. The molecule has 0 aliphatic carbocycles. The van der Waals surface area contributed by atoms with Gasteiger partial charge < -0.3 is 10.2 Å². The number of amides is 1. The Kier molecular flexibility index (Phi) is 7.32. The van der Waals surface area contributed by atoms with E-state index in [4.69, 9.17) is 0 Å². The number of hydrogen-bond acceptors (Lipinski definition) is 2. The summed E-state index contributed by atoms with van der Waals surface area (Å²) < 4.78 is 0. The molecule has 0 radical (unpaired) electrons. The molecule has 0 bridgehead atoms. The highest BCUT2D eigenvalue weighted by Gasteiger charge is 2.31. The Labute approximate surface area is 130 Å². The largest absolute Gasteiger partial charge is 0.337 e. The zero-order valence-corrected chi connectivity index (χ0v) is 14.0. The molecule has 2 rings (SSSR count). The van der Waals surface area contributed by atoms with Crippen molar-refractivity contribution in [1.29, 1.82) is 0 Å². The fraction of sp³-hybridized carbons (Fsp3) is 0.938. The first-order valence-electron chi connectivity index (χ1n) is 8.11. The average Bonchev–Trinajstić information content (AvgIpc) is 2.39. The molecule has 2 aliphatic heterocycles. The van der Waals surface area contributed by atoms with Gasteiger partial charge in [0.15, 0.2) is 0 Å². The number of nitrogens with zero attached hydrogens (tertiary/aromatic N) is 1. The normalized spacial score (nSPS) is 29.6. The van der Waals surface area contributed by atoms with E-state index < -0.39 is 0 Å². The number of hydrogen-bond donors (Lipinski definition) is 1. The van der Waals surface area contributed by atoms with Gasteiger partial charge in [0, 0.05) is 18.5 Å². The molecule has 118 valence electrons. The molecule has 0 saturated carbocycles. The number of nitrogens with one attached hydrogen (secondary N) is 1. The summed E-state index contributed by atoms with van der Waals surface area (Å²) >= 11 is 0. The first-order chi connectivity index (χ1) is 9.09. The fourth-order valence-electron chi connectivity index (χ4n) is 3.87. The Bertz CT molecular complexity index is 295. The van der Waals surface area contributed by atoms with Crippen LogP contribution in [0.1, 0.15) is 59.3 Å². The zero-order chi connectivity index (χ0) is 13.8. The Balaban J connectivity index is 0.00000200. The number of piperidine rings is 2. The van der Waals surface area contributed by atoms with Gasteiger partial charge in [-0.3, -0.25) is 4.79 Å². The minimum Gasteiger partial charge on any atom is -0.337 e. The van der Waals surface area contributed by atoms with Crippen LogP contribution in [0.15, 0.2) is 0 Å². The van der Waals surface area contributed by atoms with Crippen LogP contribution in [0.2, 0.25) is 0 Å². The van der Waals surface area contributed by atoms with Crippen LogP contribution in [0.3, 0.4) is 0 Å². The Morgan fingerprint density at radius 2 is 1.70 bits per heavy atom. The Hall–Kier alpha value is -0.280. The van der Waals surface area contributed by atoms with Crippen LogP contribution in [-0.2, 0) is 4.79 Å².